The fourth-order valence-electron chi connectivity index (χ4n) is 2.27. The number of amides is 2. The SMILES string of the molecule is O=C(CCNC(=O)c1ccc(F)cc1F)N[C@@H]1CCS(=O)(=O)C1. The summed E-state index contributed by atoms with van der Waals surface area (Å²) in [5.74, 6) is -2.94. The first-order chi connectivity index (χ1) is 10.8. The third kappa shape index (κ3) is 4.98. The molecular weight excluding hydrogens is 330 g/mol. The highest BCUT2D eigenvalue weighted by atomic mass is 32.2. The molecule has 2 rings (SSSR count). The maximum atomic E-state index is 13.4. The molecule has 2 N–H and O–H groups in total. The first-order valence-electron chi connectivity index (χ1n) is 7.00. The van der Waals surface area contributed by atoms with E-state index in [0.717, 1.165) is 12.1 Å². The van der Waals surface area contributed by atoms with Gasteiger partial charge in [-0.2, -0.15) is 0 Å². The average molecular weight is 346 g/mol. The van der Waals surface area contributed by atoms with Crippen LogP contribution in [0.25, 0.3) is 0 Å². The molecule has 0 saturated carbocycles. The van der Waals surface area contributed by atoms with Crippen LogP contribution in [0.3, 0.4) is 0 Å². The highest BCUT2D eigenvalue weighted by molar-refractivity contribution is 7.91. The van der Waals surface area contributed by atoms with Gasteiger partial charge in [-0.1, -0.05) is 0 Å². The lowest BCUT2D eigenvalue weighted by Gasteiger charge is -2.11. The Morgan fingerprint density at radius 3 is 2.61 bits per heavy atom. The molecule has 1 atom stereocenters. The summed E-state index contributed by atoms with van der Waals surface area (Å²) in [5.41, 5.74) is -0.311. The Morgan fingerprint density at radius 2 is 2.00 bits per heavy atom. The van der Waals surface area contributed by atoms with Gasteiger partial charge in [-0.25, -0.2) is 17.2 Å². The van der Waals surface area contributed by atoms with Crippen molar-refractivity contribution in [2.45, 2.75) is 18.9 Å². The number of carbonyl (C=O) groups is 2. The van der Waals surface area contributed by atoms with Crippen molar-refractivity contribution in [3.05, 3.63) is 35.4 Å². The largest absolute Gasteiger partial charge is 0.352 e. The number of hydrogen-bond acceptors (Lipinski definition) is 4. The van der Waals surface area contributed by atoms with Gasteiger partial charge in [0.05, 0.1) is 17.1 Å². The minimum atomic E-state index is -3.08. The van der Waals surface area contributed by atoms with Gasteiger partial charge in [-0.15, -0.1) is 0 Å². The van der Waals surface area contributed by atoms with Gasteiger partial charge in [0.15, 0.2) is 9.84 Å². The molecule has 23 heavy (non-hydrogen) atoms. The van der Waals surface area contributed by atoms with E-state index in [0.29, 0.717) is 12.5 Å². The number of halogens is 2. The van der Waals surface area contributed by atoms with Crippen LogP contribution in [0.5, 0.6) is 0 Å². The zero-order chi connectivity index (χ0) is 17.0. The van der Waals surface area contributed by atoms with Crippen LogP contribution < -0.4 is 10.6 Å². The quantitative estimate of drug-likeness (QED) is 0.807. The number of benzene rings is 1. The standard InChI is InChI=1S/C14H16F2N2O4S/c15-9-1-2-11(12(16)7-9)14(20)17-5-3-13(19)18-10-4-6-23(21,22)8-10/h1-2,7,10H,3-6,8H2,(H,17,20)(H,18,19)/t10-/m1/s1. The topological polar surface area (TPSA) is 92.3 Å². The lowest BCUT2D eigenvalue weighted by Crippen LogP contribution is -2.37. The Bertz CT molecular complexity index is 721. The number of hydrogen-bond donors (Lipinski definition) is 2. The minimum Gasteiger partial charge on any atom is -0.352 e. The van der Waals surface area contributed by atoms with Crippen LogP contribution in [-0.4, -0.2) is 44.3 Å². The predicted molar refractivity (Wildman–Crippen MR) is 78.5 cm³/mol. The van der Waals surface area contributed by atoms with E-state index in [2.05, 4.69) is 10.6 Å². The zero-order valence-corrected chi connectivity index (χ0v) is 13.0. The third-order valence-electron chi connectivity index (χ3n) is 3.41. The Hall–Kier alpha value is -2.03. The molecule has 1 heterocycles. The first-order valence-corrected chi connectivity index (χ1v) is 8.82. The lowest BCUT2D eigenvalue weighted by molar-refractivity contribution is -0.121. The number of nitrogens with one attached hydrogen (secondary N) is 2. The summed E-state index contributed by atoms with van der Waals surface area (Å²) in [7, 11) is -3.08. The maximum absolute atomic E-state index is 13.4. The molecule has 0 radical (unpaired) electrons. The highest BCUT2D eigenvalue weighted by Gasteiger charge is 2.28. The van der Waals surface area contributed by atoms with Crippen molar-refractivity contribution in [1.29, 1.82) is 0 Å². The van der Waals surface area contributed by atoms with Crippen LogP contribution in [0.2, 0.25) is 0 Å². The summed E-state index contributed by atoms with van der Waals surface area (Å²) in [6.07, 6.45) is 0.312. The van der Waals surface area contributed by atoms with E-state index in [1.54, 1.807) is 0 Å². The van der Waals surface area contributed by atoms with E-state index in [4.69, 9.17) is 0 Å². The fourth-order valence-corrected chi connectivity index (χ4v) is 3.94. The van der Waals surface area contributed by atoms with Gasteiger partial charge in [-0.05, 0) is 18.6 Å². The van der Waals surface area contributed by atoms with Gasteiger partial charge in [0, 0.05) is 25.1 Å². The second-order valence-electron chi connectivity index (χ2n) is 5.30. The van der Waals surface area contributed by atoms with Crippen molar-refractivity contribution in [2.75, 3.05) is 18.1 Å². The van der Waals surface area contributed by atoms with Gasteiger partial charge in [0.2, 0.25) is 5.91 Å². The van der Waals surface area contributed by atoms with Crippen molar-refractivity contribution in [1.82, 2.24) is 10.6 Å². The van der Waals surface area contributed by atoms with Crippen LogP contribution in [0.1, 0.15) is 23.2 Å². The van der Waals surface area contributed by atoms with Crippen molar-refractivity contribution < 1.29 is 26.8 Å². The molecule has 9 heteroatoms. The molecule has 1 aliphatic heterocycles. The molecule has 0 aromatic heterocycles. The van der Waals surface area contributed by atoms with Crippen LogP contribution in [0.15, 0.2) is 18.2 Å². The zero-order valence-electron chi connectivity index (χ0n) is 12.1. The molecule has 1 saturated heterocycles. The van der Waals surface area contributed by atoms with E-state index in [9.17, 15) is 26.8 Å². The molecular formula is C14H16F2N2O4S. The lowest BCUT2D eigenvalue weighted by atomic mass is 10.2. The molecule has 0 aliphatic carbocycles. The van der Waals surface area contributed by atoms with E-state index >= 15 is 0 Å². The second-order valence-corrected chi connectivity index (χ2v) is 7.53. The molecule has 6 nitrogen and oxygen atoms in total. The van der Waals surface area contributed by atoms with Gasteiger partial charge in [-0.3, -0.25) is 9.59 Å². The monoisotopic (exact) mass is 346 g/mol. The molecule has 0 spiro atoms. The summed E-state index contributed by atoms with van der Waals surface area (Å²) in [6.45, 7) is -0.0407. The summed E-state index contributed by atoms with van der Waals surface area (Å²) in [4.78, 5) is 23.4. The summed E-state index contributed by atoms with van der Waals surface area (Å²) in [6, 6.07) is 2.18. The molecule has 1 aromatic carbocycles. The second kappa shape index (κ2) is 7.03. The Kier molecular flexibility index (Phi) is 5.30. The van der Waals surface area contributed by atoms with E-state index in [1.165, 1.54) is 0 Å². The van der Waals surface area contributed by atoms with Crippen molar-refractivity contribution in [3.63, 3.8) is 0 Å². The number of sulfone groups is 1. The minimum absolute atomic E-state index is 0.0407. The van der Waals surface area contributed by atoms with Gasteiger partial charge in [0.25, 0.3) is 5.91 Å². The predicted octanol–water partition coefficient (Wildman–Crippen LogP) is 0.388. The van der Waals surface area contributed by atoms with Gasteiger partial charge >= 0.3 is 0 Å². The summed E-state index contributed by atoms with van der Waals surface area (Å²) in [5, 5.41) is 4.92. The smallest absolute Gasteiger partial charge is 0.254 e. The van der Waals surface area contributed by atoms with Gasteiger partial charge in [0.1, 0.15) is 11.6 Å². The first kappa shape index (κ1) is 17.3. The van der Waals surface area contributed by atoms with Crippen molar-refractivity contribution in [3.8, 4) is 0 Å². The third-order valence-corrected chi connectivity index (χ3v) is 5.18. The van der Waals surface area contributed by atoms with Crippen LogP contribution in [0, 0.1) is 11.6 Å². The fraction of sp³-hybridized carbons (Fsp3) is 0.429. The number of carbonyl (C=O) groups excluding carboxylic acids is 2. The molecule has 1 aromatic rings. The molecule has 1 fully saturated rings. The van der Waals surface area contributed by atoms with E-state index in [1.807, 2.05) is 0 Å². The summed E-state index contributed by atoms with van der Waals surface area (Å²) < 4.78 is 48.7. The van der Waals surface area contributed by atoms with Crippen LogP contribution in [0.4, 0.5) is 8.78 Å². The van der Waals surface area contributed by atoms with Crippen LogP contribution >= 0.6 is 0 Å². The summed E-state index contributed by atoms with van der Waals surface area (Å²) >= 11 is 0. The van der Waals surface area contributed by atoms with E-state index in [-0.39, 0.29) is 30.0 Å². The van der Waals surface area contributed by atoms with Gasteiger partial charge < -0.3 is 10.6 Å². The molecule has 0 unspecified atom stereocenters. The molecule has 0 bridgehead atoms. The maximum Gasteiger partial charge on any atom is 0.254 e. The Labute approximate surface area is 132 Å². The normalized spacial score (nSPS) is 19.3. The van der Waals surface area contributed by atoms with E-state index < -0.39 is 39.3 Å². The number of rotatable bonds is 5. The van der Waals surface area contributed by atoms with Crippen LogP contribution in [-0.2, 0) is 14.6 Å². The average Bonchev–Trinajstić information content (AvgIpc) is 2.77. The Balaban J connectivity index is 1.76. The highest BCUT2D eigenvalue weighted by Crippen LogP contribution is 2.11. The molecule has 126 valence electrons. The van der Waals surface area contributed by atoms with Crippen molar-refractivity contribution in [2.24, 2.45) is 0 Å². The van der Waals surface area contributed by atoms with Crippen molar-refractivity contribution >= 4 is 21.7 Å². The molecule has 2 amide bonds. The molecule has 1 aliphatic rings. The Morgan fingerprint density at radius 1 is 1.26 bits per heavy atom.